The van der Waals surface area contributed by atoms with Crippen molar-refractivity contribution in [1.29, 1.82) is 0 Å². The predicted octanol–water partition coefficient (Wildman–Crippen LogP) is 3.50. The van der Waals surface area contributed by atoms with Crippen molar-refractivity contribution >= 4 is 33.6 Å². The molecular weight excluding hydrogens is 322 g/mol. The van der Waals surface area contributed by atoms with Crippen molar-refractivity contribution in [3.8, 4) is 0 Å². The van der Waals surface area contributed by atoms with Crippen LogP contribution in [0.1, 0.15) is 0 Å². The molecule has 26 heavy (non-hydrogen) atoms. The van der Waals surface area contributed by atoms with Gasteiger partial charge in [-0.1, -0.05) is 30.3 Å². The Bertz CT molecular complexity index is 983. The zero-order valence-electron chi connectivity index (χ0n) is 14.4. The molecule has 0 amide bonds. The van der Waals surface area contributed by atoms with E-state index in [9.17, 15) is 0 Å². The standard InChI is InChI=1S/C21H19N5/c1-2-6-17-16(5-1)9-10-20(23-17)25-11-13-26(14-12-25)21-15-22-18-7-3-4-8-19(18)24-21/h1-10,15H,11-14H2. The molecule has 0 N–H and O–H groups in total. The highest BCUT2D eigenvalue weighted by atomic mass is 15.3. The lowest BCUT2D eigenvalue weighted by atomic mass is 10.2. The highest BCUT2D eigenvalue weighted by molar-refractivity contribution is 5.80. The number of pyridine rings is 1. The molecule has 0 spiro atoms. The van der Waals surface area contributed by atoms with Crippen molar-refractivity contribution < 1.29 is 0 Å². The first-order chi connectivity index (χ1) is 12.9. The summed E-state index contributed by atoms with van der Waals surface area (Å²) in [6.07, 6.45) is 1.88. The van der Waals surface area contributed by atoms with Crippen LogP contribution in [0.25, 0.3) is 21.9 Å². The first-order valence-corrected chi connectivity index (χ1v) is 8.94. The highest BCUT2D eigenvalue weighted by Crippen LogP contribution is 2.21. The SMILES string of the molecule is c1ccc2nc(N3CCN(c4cnc5ccccc5n4)CC3)ccc2c1. The molecule has 0 saturated carbocycles. The van der Waals surface area contributed by atoms with Crippen molar-refractivity contribution in [3.05, 3.63) is 66.9 Å². The minimum Gasteiger partial charge on any atom is -0.353 e. The largest absolute Gasteiger partial charge is 0.353 e. The van der Waals surface area contributed by atoms with Crippen LogP contribution in [-0.4, -0.2) is 41.1 Å². The Balaban J connectivity index is 1.34. The normalized spacial score (nSPS) is 14.9. The lowest BCUT2D eigenvalue weighted by Crippen LogP contribution is -2.47. The summed E-state index contributed by atoms with van der Waals surface area (Å²) in [6.45, 7) is 3.70. The van der Waals surface area contributed by atoms with Gasteiger partial charge in [-0.25, -0.2) is 9.97 Å². The number of fused-ring (bicyclic) bond motifs is 2. The maximum atomic E-state index is 4.82. The van der Waals surface area contributed by atoms with E-state index in [0.29, 0.717) is 0 Å². The van der Waals surface area contributed by atoms with Crippen LogP contribution in [0.5, 0.6) is 0 Å². The molecule has 0 unspecified atom stereocenters. The first kappa shape index (κ1) is 15.1. The summed E-state index contributed by atoms with van der Waals surface area (Å²) in [7, 11) is 0. The number of piperazine rings is 1. The Labute approximate surface area is 151 Å². The van der Waals surface area contributed by atoms with Crippen LogP contribution in [0.15, 0.2) is 66.9 Å². The first-order valence-electron chi connectivity index (χ1n) is 8.94. The second-order valence-electron chi connectivity index (χ2n) is 6.55. The van der Waals surface area contributed by atoms with Gasteiger partial charge in [0.25, 0.3) is 0 Å². The number of hydrogen-bond donors (Lipinski definition) is 0. The summed E-state index contributed by atoms with van der Waals surface area (Å²) >= 11 is 0. The molecule has 0 atom stereocenters. The van der Waals surface area contributed by atoms with Crippen LogP contribution >= 0.6 is 0 Å². The van der Waals surface area contributed by atoms with Gasteiger partial charge in [-0.3, -0.25) is 4.98 Å². The van der Waals surface area contributed by atoms with Gasteiger partial charge in [-0.15, -0.1) is 0 Å². The molecule has 1 saturated heterocycles. The van der Waals surface area contributed by atoms with E-state index in [1.807, 2.05) is 42.6 Å². The molecule has 1 fully saturated rings. The van der Waals surface area contributed by atoms with E-state index in [1.54, 1.807) is 0 Å². The minimum atomic E-state index is 0.918. The maximum Gasteiger partial charge on any atom is 0.147 e. The van der Waals surface area contributed by atoms with Gasteiger partial charge in [0.15, 0.2) is 0 Å². The predicted molar refractivity (Wildman–Crippen MR) is 106 cm³/mol. The summed E-state index contributed by atoms with van der Waals surface area (Å²) in [5.74, 6) is 2.00. The third kappa shape index (κ3) is 2.71. The lowest BCUT2D eigenvalue weighted by molar-refractivity contribution is 0.642. The fourth-order valence-electron chi connectivity index (χ4n) is 3.50. The van der Waals surface area contributed by atoms with Crippen LogP contribution < -0.4 is 9.80 Å². The average molecular weight is 341 g/mol. The van der Waals surface area contributed by atoms with Crippen LogP contribution in [0.2, 0.25) is 0 Å². The minimum absolute atomic E-state index is 0.918. The van der Waals surface area contributed by atoms with E-state index >= 15 is 0 Å². The van der Waals surface area contributed by atoms with Gasteiger partial charge in [-0.05, 0) is 30.3 Å². The van der Waals surface area contributed by atoms with Gasteiger partial charge < -0.3 is 9.80 Å². The number of hydrogen-bond acceptors (Lipinski definition) is 5. The molecule has 0 aliphatic carbocycles. The maximum absolute atomic E-state index is 4.82. The molecule has 4 aromatic rings. The van der Waals surface area contributed by atoms with Crippen molar-refractivity contribution in [1.82, 2.24) is 15.0 Å². The van der Waals surface area contributed by atoms with Crippen molar-refractivity contribution in [2.45, 2.75) is 0 Å². The molecule has 2 aromatic heterocycles. The third-order valence-electron chi connectivity index (χ3n) is 4.95. The highest BCUT2D eigenvalue weighted by Gasteiger charge is 2.19. The molecule has 5 heteroatoms. The molecule has 1 aliphatic heterocycles. The molecule has 5 nitrogen and oxygen atoms in total. The Morgan fingerprint density at radius 1 is 0.577 bits per heavy atom. The van der Waals surface area contributed by atoms with Crippen molar-refractivity contribution in [3.63, 3.8) is 0 Å². The molecule has 0 radical (unpaired) electrons. The van der Waals surface area contributed by atoms with Gasteiger partial charge in [0, 0.05) is 31.6 Å². The Morgan fingerprint density at radius 3 is 2.00 bits per heavy atom. The summed E-state index contributed by atoms with van der Waals surface area (Å²) in [4.78, 5) is 18.8. The van der Waals surface area contributed by atoms with E-state index in [2.05, 4.69) is 39.0 Å². The average Bonchev–Trinajstić information content (AvgIpc) is 2.73. The summed E-state index contributed by atoms with van der Waals surface area (Å²) in [6, 6.07) is 20.5. The van der Waals surface area contributed by atoms with Crippen molar-refractivity contribution in [2.24, 2.45) is 0 Å². The Kier molecular flexibility index (Phi) is 3.63. The van der Waals surface area contributed by atoms with E-state index in [0.717, 1.165) is 54.4 Å². The number of nitrogens with zero attached hydrogens (tertiary/aromatic N) is 5. The summed E-state index contributed by atoms with van der Waals surface area (Å²) in [5.41, 5.74) is 2.94. The summed E-state index contributed by atoms with van der Waals surface area (Å²) < 4.78 is 0. The molecule has 5 rings (SSSR count). The van der Waals surface area contributed by atoms with E-state index in [-0.39, 0.29) is 0 Å². The van der Waals surface area contributed by atoms with Gasteiger partial charge in [0.2, 0.25) is 0 Å². The monoisotopic (exact) mass is 341 g/mol. The summed E-state index contributed by atoms with van der Waals surface area (Å²) in [5, 5.41) is 1.18. The molecule has 1 aliphatic rings. The number of anilines is 2. The van der Waals surface area contributed by atoms with E-state index in [1.165, 1.54) is 5.39 Å². The number of para-hydroxylation sites is 3. The van der Waals surface area contributed by atoms with Crippen LogP contribution in [0, 0.1) is 0 Å². The third-order valence-corrected chi connectivity index (χ3v) is 4.95. The smallest absolute Gasteiger partial charge is 0.147 e. The molecule has 0 bridgehead atoms. The molecule has 2 aromatic carbocycles. The lowest BCUT2D eigenvalue weighted by Gasteiger charge is -2.36. The molecular formula is C21H19N5. The van der Waals surface area contributed by atoms with E-state index in [4.69, 9.17) is 9.97 Å². The number of benzene rings is 2. The van der Waals surface area contributed by atoms with Crippen LogP contribution in [0.4, 0.5) is 11.6 Å². The van der Waals surface area contributed by atoms with Crippen LogP contribution in [-0.2, 0) is 0 Å². The van der Waals surface area contributed by atoms with Gasteiger partial charge in [-0.2, -0.15) is 0 Å². The van der Waals surface area contributed by atoms with Gasteiger partial charge >= 0.3 is 0 Å². The Hall–Kier alpha value is -3.21. The van der Waals surface area contributed by atoms with Gasteiger partial charge in [0.1, 0.15) is 11.6 Å². The zero-order valence-corrected chi connectivity index (χ0v) is 14.4. The topological polar surface area (TPSA) is 45.2 Å². The van der Waals surface area contributed by atoms with Crippen LogP contribution in [0.3, 0.4) is 0 Å². The van der Waals surface area contributed by atoms with E-state index < -0.39 is 0 Å². The second-order valence-corrected chi connectivity index (χ2v) is 6.55. The second kappa shape index (κ2) is 6.26. The fourth-order valence-corrected chi connectivity index (χ4v) is 3.50. The van der Waals surface area contributed by atoms with Gasteiger partial charge in [0.05, 0.1) is 22.7 Å². The zero-order chi connectivity index (χ0) is 17.3. The fraction of sp³-hybridized carbons (Fsp3) is 0.190. The molecule has 128 valence electrons. The molecule has 3 heterocycles. The quantitative estimate of drug-likeness (QED) is 0.558. The number of aromatic nitrogens is 3. The Morgan fingerprint density at radius 2 is 1.19 bits per heavy atom. The number of rotatable bonds is 2. The van der Waals surface area contributed by atoms with Crippen molar-refractivity contribution in [2.75, 3.05) is 36.0 Å².